The summed E-state index contributed by atoms with van der Waals surface area (Å²) in [6, 6.07) is 2.91. The molecule has 0 bridgehead atoms. The van der Waals surface area contributed by atoms with Gasteiger partial charge in [0.15, 0.2) is 11.4 Å². The number of ketones is 1. The number of rotatable bonds is 5. The molecule has 0 amide bonds. The molecule has 0 spiro atoms. The van der Waals surface area contributed by atoms with Crippen LogP contribution >= 0.6 is 0 Å². The number of ether oxygens (including phenoxy) is 3. The number of aryl methyl sites for hydroxylation is 1. The smallest absolute Gasteiger partial charge is 0.342 e. The van der Waals surface area contributed by atoms with Gasteiger partial charge in [0, 0.05) is 24.5 Å². The van der Waals surface area contributed by atoms with Gasteiger partial charge in [-0.1, -0.05) is 6.92 Å². The van der Waals surface area contributed by atoms with Crippen molar-refractivity contribution in [3.63, 3.8) is 0 Å². The summed E-state index contributed by atoms with van der Waals surface area (Å²) in [6.45, 7) is 5.11. The van der Waals surface area contributed by atoms with E-state index in [1.54, 1.807) is 19.1 Å². The first-order valence-electron chi connectivity index (χ1n) is 9.60. The summed E-state index contributed by atoms with van der Waals surface area (Å²) < 4.78 is 16.2. The third kappa shape index (κ3) is 3.87. The van der Waals surface area contributed by atoms with E-state index in [1.807, 2.05) is 6.92 Å². The van der Waals surface area contributed by atoms with Crippen LogP contribution in [0.25, 0.3) is 0 Å². The molecule has 0 aromatic heterocycles. The molecule has 1 aliphatic carbocycles. The Labute approximate surface area is 169 Å². The summed E-state index contributed by atoms with van der Waals surface area (Å²) in [6.07, 6.45) is 2.54. The SMILES string of the molecule is CCCC1=CC2=C(CO1)C(=O)[C@](C)(O)[C@H](OC(=O)c1c(C)cc(OC)cc1O)C2. The van der Waals surface area contributed by atoms with E-state index in [1.165, 1.54) is 20.1 Å². The zero-order chi connectivity index (χ0) is 21.3. The number of aromatic hydroxyl groups is 1. The van der Waals surface area contributed by atoms with Gasteiger partial charge < -0.3 is 24.4 Å². The Morgan fingerprint density at radius 1 is 1.38 bits per heavy atom. The van der Waals surface area contributed by atoms with Crippen LogP contribution < -0.4 is 4.74 Å². The minimum Gasteiger partial charge on any atom is -0.507 e. The van der Waals surface area contributed by atoms with E-state index in [-0.39, 0.29) is 24.3 Å². The summed E-state index contributed by atoms with van der Waals surface area (Å²) in [5.41, 5.74) is -0.327. The van der Waals surface area contributed by atoms with Crippen molar-refractivity contribution in [1.82, 2.24) is 0 Å². The van der Waals surface area contributed by atoms with Crippen LogP contribution in [0.4, 0.5) is 0 Å². The molecule has 0 fully saturated rings. The second-order valence-electron chi connectivity index (χ2n) is 7.57. The molecule has 156 valence electrons. The molecule has 1 aromatic rings. The molecule has 2 N–H and O–H groups in total. The maximum absolute atomic E-state index is 12.8. The Balaban J connectivity index is 1.89. The van der Waals surface area contributed by atoms with Crippen molar-refractivity contribution >= 4 is 11.8 Å². The molecule has 7 heteroatoms. The fourth-order valence-electron chi connectivity index (χ4n) is 3.68. The van der Waals surface area contributed by atoms with E-state index < -0.39 is 23.5 Å². The van der Waals surface area contributed by atoms with E-state index in [4.69, 9.17) is 14.2 Å². The van der Waals surface area contributed by atoms with Gasteiger partial charge in [0.05, 0.1) is 12.9 Å². The van der Waals surface area contributed by atoms with E-state index in [2.05, 4.69) is 0 Å². The summed E-state index contributed by atoms with van der Waals surface area (Å²) in [4.78, 5) is 25.6. The Morgan fingerprint density at radius 2 is 2.10 bits per heavy atom. The number of aliphatic hydroxyl groups is 1. The van der Waals surface area contributed by atoms with Crippen LogP contribution in [0.2, 0.25) is 0 Å². The summed E-state index contributed by atoms with van der Waals surface area (Å²) >= 11 is 0. The number of benzene rings is 1. The highest BCUT2D eigenvalue weighted by Crippen LogP contribution is 2.37. The van der Waals surface area contributed by atoms with Gasteiger partial charge in [0.2, 0.25) is 0 Å². The number of phenols is 1. The van der Waals surface area contributed by atoms with Crippen LogP contribution in [0.15, 0.2) is 35.1 Å². The summed E-state index contributed by atoms with van der Waals surface area (Å²) in [5.74, 6) is -0.436. The van der Waals surface area contributed by atoms with Crippen LogP contribution in [0.3, 0.4) is 0 Å². The van der Waals surface area contributed by atoms with Gasteiger partial charge in [-0.3, -0.25) is 4.79 Å². The number of hydrogen-bond acceptors (Lipinski definition) is 7. The topological polar surface area (TPSA) is 102 Å². The third-order valence-corrected chi connectivity index (χ3v) is 5.36. The van der Waals surface area contributed by atoms with Crippen molar-refractivity contribution < 1.29 is 34.0 Å². The van der Waals surface area contributed by atoms with E-state index in [9.17, 15) is 19.8 Å². The normalized spacial score (nSPS) is 23.8. The number of carbonyl (C=O) groups is 2. The van der Waals surface area contributed by atoms with Crippen LogP contribution in [-0.4, -0.2) is 47.4 Å². The van der Waals surface area contributed by atoms with Gasteiger partial charge >= 0.3 is 5.97 Å². The summed E-state index contributed by atoms with van der Waals surface area (Å²) in [5, 5.41) is 21.0. The molecule has 1 aromatic carbocycles. The predicted octanol–water partition coefficient (Wildman–Crippen LogP) is 2.97. The summed E-state index contributed by atoms with van der Waals surface area (Å²) in [7, 11) is 1.45. The molecular weight excluding hydrogens is 376 g/mol. The molecule has 0 saturated heterocycles. The van der Waals surface area contributed by atoms with Crippen LogP contribution in [0, 0.1) is 6.92 Å². The van der Waals surface area contributed by atoms with E-state index >= 15 is 0 Å². The lowest BCUT2D eigenvalue weighted by atomic mass is 9.77. The standard InChI is InChI=1S/C22H26O7/c1-5-6-14-8-13-9-18(22(3,26)20(24)16(13)11-28-14)29-21(25)19-12(2)7-15(27-4)10-17(19)23/h7-8,10,18,23,26H,5-6,9,11H2,1-4H3/t18-,22-/m1/s1. The molecule has 0 radical (unpaired) electrons. The lowest BCUT2D eigenvalue weighted by Gasteiger charge is -2.38. The monoisotopic (exact) mass is 402 g/mol. The molecule has 2 aliphatic rings. The molecule has 1 heterocycles. The number of allylic oxidation sites excluding steroid dienone is 2. The van der Waals surface area contributed by atoms with Gasteiger partial charge in [-0.15, -0.1) is 0 Å². The van der Waals surface area contributed by atoms with Crippen molar-refractivity contribution in [3.8, 4) is 11.5 Å². The molecule has 0 unspecified atom stereocenters. The molecule has 7 nitrogen and oxygen atoms in total. The number of esters is 1. The van der Waals surface area contributed by atoms with Gasteiger partial charge in [0.1, 0.15) is 29.8 Å². The Hall–Kier alpha value is -2.80. The zero-order valence-electron chi connectivity index (χ0n) is 17.1. The van der Waals surface area contributed by atoms with Crippen molar-refractivity contribution in [2.75, 3.05) is 13.7 Å². The van der Waals surface area contributed by atoms with Crippen LogP contribution in [0.5, 0.6) is 11.5 Å². The highest BCUT2D eigenvalue weighted by Gasteiger charge is 2.48. The average Bonchev–Trinajstić information content (AvgIpc) is 2.65. The van der Waals surface area contributed by atoms with Crippen molar-refractivity contribution in [3.05, 3.63) is 46.2 Å². The van der Waals surface area contributed by atoms with Gasteiger partial charge in [-0.2, -0.15) is 0 Å². The second kappa shape index (κ2) is 7.91. The minimum absolute atomic E-state index is 0.0250. The van der Waals surface area contributed by atoms with E-state index in [0.717, 1.165) is 18.6 Å². The fraction of sp³-hybridized carbons (Fsp3) is 0.455. The van der Waals surface area contributed by atoms with E-state index in [0.29, 0.717) is 22.5 Å². The first kappa shape index (κ1) is 20.9. The molecule has 1 aliphatic heterocycles. The largest absolute Gasteiger partial charge is 0.507 e. The Kier molecular flexibility index (Phi) is 5.71. The fourth-order valence-corrected chi connectivity index (χ4v) is 3.68. The molecule has 0 saturated carbocycles. The van der Waals surface area contributed by atoms with Crippen LogP contribution in [-0.2, 0) is 14.3 Å². The van der Waals surface area contributed by atoms with Gasteiger partial charge in [0.25, 0.3) is 0 Å². The van der Waals surface area contributed by atoms with Crippen molar-refractivity contribution in [1.29, 1.82) is 0 Å². The average molecular weight is 402 g/mol. The van der Waals surface area contributed by atoms with Crippen molar-refractivity contribution in [2.45, 2.75) is 51.7 Å². The third-order valence-electron chi connectivity index (χ3n) is 5.36. The lowest BCUT2D eigenvalue weighted by molar-refractivity contribution is -0.146. The van der Waals surface area contributed by atoms with Gasteiger partial charge in [-0.25, -0.2) is 4.79 Å². The minimum atomic E-state index is -1.88. The lowest BCUT2D eigenvalue weighted by Crippen LogP contribution is -2.53. The molecular formula is C22H26O7. The molecule has 3 rings (SSSR count). The predicted molar refractivity (Wildman–Crippen MR) is 105 cm³/mol. The number of phenolic OH excluding ortho intramolecular Hbond substituents is 1. The Morgan fingerprint density at radius 3 is 2.72 bits per heavy atom. The first-order chi connectivity index (χ1) is 13.7. The maximum atomic E-state index is 12.8. The second-order valence-corrected chi connectivity index (χ2v) is 7.57. The number of methoxy groups -OCH3 is 1. The quantitative estimate of drug-likeness (QED) is 0.730. The number of carbonyl (C=O) groups excluding carboxylic acids is 2. The van der Waals surface area contributed by atoms with Gasteiger partial charge in [-0.05, 0) is 43.5 Å². The maximum Gasteiger partial charge on any atom is 0.342 e. The highest BCUT2D eigenvalue weighted by atomic mass is 16.6. The number of Topliss-reactive ketones (excluding diaryl/α,β-unsaturated/α-hetero) is 1. The van der Waals surface area contributed by atoms with Crippen molar-refractivity contribution in [2.24, 2.45) is 0 Å². The van der Waals surface area contributed by atoms with Crippen LogP contribution in [0.1, 0.15) is 49.0 Å². The molecule has 2 atom stereocenters. The zero-order valence-corrected chi connectivity index (χ0v) is 17.1. The Bertz CT molecular complexity index is 885. The first-order valence-corrected chi connectivity index (χ1v) is 9.60. The molecule has 29 heavy (non-hydrogen) atoms. The highest BCUT2D eigenvalue weighted by molar-refractivity contribution is 6.05. The number of hydrogen-bond donors (Lipinski definition) is 2.